The lowest BCUT2D eigenvalue weighted by atomic mass is 10.1. The molecule has 0 aromatic heterocycles. The van der Waals surface area contributed by atoms with Crippen molar-refractivity contribution in [2.45, 2.75) is 6.92 Å². The van der Waals surface area contributed by atoms with Crippen molar-refractivity contribution < 1.29 is 14.7 Å². The van der Waals surface area contributed by atoms with E-state index in [1.807, 2.05) is 13.0 Å². The Morgan fingerprint density at radius 1 is 0.769 bits per heavy atom. The molecule has 3 rings (SSSR count). The lowest BCUT2D eigenvalue weighted by Crippen LogP contribution is -2.18. The number of nitrogens with one attached hydrogen (secondary N) is 2. The lowest BCUT2D eigenvalue weighted by Gasteiger charge is -2.12. The van der Waals surface area contributed by atoms with Crippen LogP contribution in [0.3, 0.4) is 0 Å². The molecule has 26 heavy (non-hydrogen) atoms. The van der Waals surface area contributed by atoms with Gasteiger partial charge >= 0.3 is 0 Å². The molecule has 0 heterocycles. The van der Waals surface area contributed by atoms with Crippen LogP contribution in [0, 0.1) is 6.92 Å². The average Bonchev–Trinajstić information content (AvgIpc) is 2.65. The third kappa shape index (κ3) is 3.89. The van der Waals surface area contributed by atoms with Crippen LogP contribution in [-0.4, -0.2) is 16.9 Å². The molecule has 5 heteroatoms. The van der Waals surface area contributed by atoms with Crippen molar-refractivity contribution in [1.29, 1.82) is 0 Å². The molecule has 0 saturated heterocycles. The van der Waals surface area contributed by atoms with E-state index in [9.17, 15) is 14.7 Å². The van der Waals surface area contributed by atoms with Gasteiger partial charge < -0.3 is 15.7 Å². The predicted molar refractivity (Wildman–Crippen MR) is 102 cm³/mol. The molecular weight excluding hydrogens is 328 g/mol. The van der Waals surface area contributed by atoms with Crippen molar-refractivity contribution in [2.75, 3.05) is 10.6 Å². The molecule has 2 amide bonds. The SMILES string of the molecule is Cc1ccc(NC(=O)c2ccccc2NC(=O)c2ccccc2)c(O)c1. The Hall–Kier alpha value is -3.60. The first kappa shape index (κ1) is 17.2. The van der Waals surface area contributed by atoms with Gasteiger partial charge in [0.05, 0.1) is 16.9 Å². The first-order valence-corrected chi connectivity index (χ1v) is 8.11. The number of para-hydroxylation sites is 1. The van der Waals surface area contributed by atoms with E-state index in [0.717, 1.165) is 5.56 Å². The van der Waals surface area contributed by atoms with Gasteiger partial charge in [0.2, 0.25) is 0 Å². The van der Waals surface area contributed by atoms with Crippen molar-refractivity contribution >= 4 is 23.2 Å². The number of aromatic hydroxyl groups is 1. The highest BCUT2D eigenvalue weighted by Crippen LogP contribution is 2.25. The molecule has 3 N–H and O–H groups in total. The quantitative estimate of drug-likeness (QED) is 0.619. The molecule has 0 fully saturated rings. The number of hydrogen-bond acceptors (Lipinski definition) is 3. The molecule has 0 aliphatic rings. The highest BCUT2D eigenvalue weighted by Gasteiger charge is 2.15. The summed E-state index contributed by atoms with van der Waals surface area (Å²) in [6.07, 6.45) is 0. The second-order valence-electron chi connectivity index (χ2n) is 5.84. The number of phenolic OH excluding ortho intramolecular Hbond substituents is 1. The normalized spacial score (nSPS) is 10.2. The Morgan fingerprint density at radius 3 is 2.15 bits per heavy atom. The number of amides is 2. The molecule has 3 aromatic rings. The zero-order chi connectivity index (χ0) is 18.5. The van der Waals surface area contributed by atoms with Crippen LogP contribution in [0.4, 0.5) is 11.4 Å². The molecular formula is C21H18N2O3. The Morgan fingerprint density at radius 2 is 1.42 bits per heavy atom. The second-order valence-corrected chi connectivity index (χ2v) is 5.84. The highest BCUT2D eigenvalue weighted by molar-refractivity contribution is 6.12. The van der Waals surface area contributed by atoms with Crippen LogP contribution in [0.1, 0.15) is 26.3 Å². The first-order valence-electron chi connectivity index (χ1n) is 8.11. The lowest BCUT2D eigenvalue weighted by molar-refractivity contribution is 0.102. The summed E-state index contributed by atoms with van der Waals surface area (Å²) in [4.78, 5) is 25.0. The van der Waals surface area contributed by atoms with Gasteiger partial charge in [-0.2, -0.15) is 0 Å². The fraction of sp³-hybridized carbons (Fsp3) is 0.0476. The smallest absolute Gasteiger partial charge is 0.257 e. The molecule has 5 nitrogen and oxygen atoms in total. The summed E-state index contributed by atoms with van der Waals surface area (Å²) >= 11 is 0. The third-order valence-electron chi connectivity index (χ3n) is 3.86. The summed E-state index contributed by atoms with van der Waals surface area (Å²) in [6, 6.07) is 20.5. The average molecular weight is 346 g/mol. The number of benzene rings is 3. The standard InChI is InChI=1S/C21H18N2O3/c1-14-11-12-18(19(24)13-14)23-21(26)16-9-5-6-10-17(16)22-20(25)15-7-3-2-4-8-15/h2-13,24H,1H3,(H,22,25)(H,23,26). The van der Waals surface area contributed by atoms with Crippen molar-refractivity contribution in [3.8, 4) is 5.75 Å². The first-order chi connectivity index (χ1) is 12.5. The summed E-state index contributed by atoms with van der Waals surface area (Å²) < 4.78 is 0. The Bertz CT molecular complexity index is 952. The summed E-state index contributed by atoms with van der Waals surface area (Å²) in [6.45, 7) is 1.85. The summed E-state index contributed by atoms with van der Waals surface area (Å²) in [7, 11) is 0. The fourth-order valence-corrected chi connectivity index (χ4v) is 2.51. The Labute approximate surface area is 151 Å². The fourth-order valence-electron chi connectivity index (χ4n) is 2.51. The number of rotatable bonds is 4. The predicted octanol–water partition coefficient (Wildman–Crippen LogP) is 4.21. The van der Waals surface area contributed by atoms with Crippen LogP contribution in [0.25, 0.3) is 0 Å². The minimum absolute atomic E-state index is 0.0100. The van der Waals surface area contributed by atoms with E-state index in [2.05, 4.69) is 10.6 Å². The second kappa shape index (κ2) is 7.53. The van der Waals surface area contributed by atoms with Crippen molar-refractivity contribution in [3.05, 3.63) is 89.5 Å². The van der Waals surface area contributed by atoms with E-state index in [0.29, 0.717) is 22.5 Å². The zero-order valence-electron chi connectivity index (χ0n) is 14.2. The van der Waals surface area contributed by atoms with Crippen LogP contribution in [0.15, 0.2) is 72.8 Å². The molecule has 0 unspecified atom stereocenters. The monoisotopic (exact) mass is 346 g/mol. The van der Waals surface area contributed by atoms with Crippen LogP contribution in [0.5, 0.6) is 5.75 Å². The van der Waals surface area contributed by atoms with Crippen LogP contribution >= 0.6 is 0 Å². The van der Waals surface area contributed by atoms with E-state index in [1.165, 1.54) is 0 Å². The zero-order valence-corrected chi connectivity index (χ0v) is 14.2. The number of hydrogen-bond donors (Lipinski definition) is 3. The number of carbonyl (C=O) groups is 2. The van der Waals surface area contributed by atoms with Gasteiger partial charge in [-0.15, -0.1) is 0 Å². The van der Waals surface area contributed by atoms with E-state index in [-0.39, 0.29) is 11.7 Å². The van der Waals surface area contributed by atoms with E-state index >= 15 is 0 Å². The van der Waals surface area contributed by atoms with Crippen LogP contribution in [0.2, 0.25) is 0 Å². The maximum absolute atomic E-state index is 12.6. The van der Waals surface area contributed by atoms with Gasteiger partial charge in [0, 0.05) is 5.56 Å². The maximum atomic E-state index is 12.6. The summed E-state index contributed by atoms with van der Waals surface area (Å²) in [5, 5.41) is 15.4. The van der Waals surface area contributed by atoms with Gasteiger partial charge in [0.1, 0.15) is 5.75 Å². The summed E-state index contributed by atoms with van der Waals surface area (Å²) in [5.74, 6) is -0.735. The number of anilines is 2. The van der Waals surface area contributed by atoms with Gasteiger partial charge in [-0.3, -0.25) is 9.59 Å². The molecule has 3 aromatic carbocycles. The third-order valence-corrected chi connectivity index (χ3v) is 3.86. The van der Waals surface area contributed by atoms with Crippen molar-refractivity contribution in [1.82, 2.24) is 0 Å². The minimum atomic E-state index is -0.423. The topological polar surface area (TPSA) is 78.4 Å². The number of phenols is 1. The molecule has 0 bridgehead atoms. The Balaban J connectivity index is 1.82. The summed E-state index contributed by atoms with van der Waals surface area (Å²) in [5.41, 5.74) is 2.39. The van der Waals surface area contributed by atoms with E-state index in [4.69, 9.17) is 0 Å². The van der Waals surface area contributed by atoms with E-state index < -0.39 is 5.91 Å². The van der Waals surface area contributed by atoms with Gasteiger partial charge in [-0.1, -0.05) is 36.4 Å². The molecule has 0 saturated carbocycles. The van der Waals surface area contributed by atoms with E-state index in [1.54, 1.807) is 66.7 Å². The van der Waals surface area contributed by atoms with Crippen molar-refractivity contribution in [2.24, 2.45) is 0 Å². The van der Waals surface area contributed by atoms with Gasteiger partial charge in [0.25, 0.3) is 11.8 Å². The maximum Gasteiger partial charge on any atom is 0.257 e. The van der Waals surface area contributed by atoms with Crippen LogP contribution < -0.4 is 10.6 Å². The molecule has 130 valence electrons. The Kier molecular flexibility index (Phi) is 4.99. The van der Waals surface area contributed by atoms with Gasteiger partial charge in [-0.05, 0) is 48.9 Å². The molecule has 0 radical (unpaired) electrons. The van der Waals surface area contributed by atoms with Gasteiger partial charge in [0.15, 0.2) is 0 Å². The molecule has 0 aliphatic carbocycles. The highest BCUT2D eigenvalue weighted by atomic mass is 16.3. The molecule has 0 aliphatic heterocycles. The van der Waals surface area contributed by atoms with Crippen molar-refractivity contribution in [3.63, 3.8) is 0 Å². The number of carbonyl (C=O) groups excluding carboxylic acids is 2. The van der Waals surface area contributed by atoms with Crippen LogP contribution in [-0.2, 0) is 0 Å². The molecule has 0 atom stereocenters. The minimum Gasteiger partial charge on any atom is -0.506 e. The largest absolute Gasteiger partial charge is 0.506 e. The molecule has 0 spiro atoms. The number of aryl methyl sites for hydroxylation is 1. The van der Waals surface area contributed by atoms with Gasteiger partial charge in [-0.25, -0.2) is 0 Å².